The smallest absolute Gasteiger partial charge is 0.407 e. The molecule has 2 fully saturated rings. The van der Waals surface area contributed by atoms with E-state index < -0.39 is 24.0 Å². The minimum absolute atomic E-state index is 0.0565. The topological polar surface area (TPSA) is 43.8 Å². The molecule has 0 atom stereocenters. The van der Waals surface area contributed by atoms with Crippen LogP contribution in [-0.2, 0) is 0 Å². The number of amides is 1. The number of benzene rings is 1. The normalized spacial score (nSPS) is 19.8. The van der Waals surface area contributed by atoms with E-state index in [1.807, 2.05) is 0 Å². The molecule has 1 aromatic carbocycles. The van der Waals surface area contributed by atoms with Crippen LogP contribution in [0.1, 0.15) is 11.5 Å². The number of anilines is 1. The third kappa shape index (κ3) is 2.57. The van der Waals surface area contributed by atoms with E-state index in [4.69, 9.17) is 5.11 Å². The van der Waals surface area contributed by atoms with Crippen LogP contribution in [0, 0.1) is 11.7 Å². The summed E-state index contributed by atoms with van der Waals surface area (Å²) in [6, 6.07) is 4.42. The first-order valence-electron chi connectivity index (χ1n) is 6.84. The lowest BCUT2D eigenvalue weighted by Gasteiger charge is -2.42. The van der Waals surface area contributed by atoms with Gasteiger partial charge < -0.3 is 14.9 Å². The van der Waals surface area contributed by atoms with Crippen LogP contribution < -0.4 is 4.90 Å². The second-order valence-corrected chi connectivity index (χ2v) is 5.74. The van der Waals surface area contributed by atoms with E-state index in [1.54, 1.807) is 6.07 Å². The Balaban J connectivity index is 1.64. The molecule has 8 heteroatoms. The summed E-state index contributed by atoms with van der Waals surface area (Å²) in [4.78, 5) is 13.3. The van der Waals surface area contributed by atoms with E-state index in [0.29, 0.717) is 18.7 Å². The molecule has 0 aromatic heterocycles. The zero-order valence-electron chi connectivity index (χ0n) is 11.5. The lowest BCUT2D eigenvalue weighted by Crippen LogP contribution is -2.53. The summed E-state index contributed by atoms with van der Waals surface area (Å²) in [6.07, 6.45) is -5.24. The van der Waals surface area contributed by atoms with Crippen molar-refractivity contribution in [1.29, 1.82) is 0 Å². The zero-order chi connectivity index (χ0) is 16.1. The molecular weight excluding hydrogens is 304 g/mol. The van der Waals surface area contributed by atoms with Crippen molar-refractivity contribution < 1.29 is 27.5 Å². The first-order chi connectivity index (χ1) is 10.3. The number of carbonyl (C=O) groups is 1. The number of carboxylic acid groups (broad SMARTS) is 1. The summed E-state index contributed by atoms with van der Waals surface area (Å²) >= 11 is 0. The van der Waals surface area contributed by atoms with Crippen LogP contribution >= 0.6 is 0 Å². The van der Waals surface area contributed by atoms with Crippen molar-refractivity contribution >= 4 is 11.8 Å². The van der Waals surface area contributed by atoms with Crippen LogP contribution in [-0.4, -0.2) is 48.5 Å². The Morgan fingerprint density at radius 2 is 1.82 bits per heavy atom. The van der Waals surface area contributed by atoms with Gasteiger partial charge in [-0.15, -0.1) is 0 Å². The van der Waals surface area contributed by atoms with Crippen LogP contribution in [0.15, 0.2) is 18.2 Å². The molecule has 2 heterocycles. The Morgan fingerprint density at radius 3 is 2.32 bits per heavy atom. The summed E-state index contributed by atoms with van der Waals surface area (Å²) in [5, 5.41) is 8.75. The fraction of sp³-hybridized carbons (Fsp3) is 0.500. The minimum Gasteiger partial charge on any atom is -0.465 e. The Hall–Kier alpha value is -1.99. The van der Waals surface area contributed by atoms with Crippen molar-refractivity contribution in [3.63, 3.8) is 0 Å². The molecule has 2 saturated heterocycles. The molecule has 22 heavy (non-hydrogen) atoms. The molecule has 120 valence electrons. The molecule has 0 saturated carbocycles. The van der Waals surface area contributed by atoms with Crippen molar-refractivity contribution in [1.82, 2.24) is 4.90 Å². The van der Waals surface area contributed by atoms with Crippen LogP contribution in [0.25, 0.3) is 0 Å². The van der Waals surface area contributed by atoms with Crippen LogP contribution in [0.3, 0.4) is 0 Å². The average Bonchev–Trinajstić information content (AvgIpc) is 2.25. The molecule has 1 N–H and O–H groups in total. The van der Waals surface area contributed by atoms with Gasteiger partial charge in [0.1, 0.15) is 5.82 Å². The maximum absolute atomic E-state index is 14.1. The maximum atomic E-state index is 14.1. The molecule has 3 rings (SSSR count). The van der Waals surface area contributed by atoms with Crippen molar-refractivity contribution in [2.24, 2.45) is 5.92 Å². The summed E-state index contributed by atoms with van der Waals surface area (Å²) in [5.41, 5.74) is 0.838. The van der Waals surface area contributed by atoms with Crippen LogP contribution in [0.4, 0.5) is 28.0 Å². The first kappa shape index (κ1) is 14.9. The molecule has 2 aliphatic rings. The van der Waals surface area contributed by atoms with E-state index in [0.717, 1.165) is 0 Å². The van der Waals surface area contributed by atoms with Gasteiger partial charge in [-0.3, -0.25) is 0 Å². The maximum Gasteiger partial charge on any atom is 0.407 e. The highest BCUT2D eigenvalue weighted by Crippen LogP contribution is 2.38. The number of rotatable bonds is 2. The number of hydrogen-bond donors (Lipinski definition) is 1. The Bertz CT molecular complexity index is 593. The van der Waals surface area contributed by atoms with E-state index in [-0.39, 0.29) is 24.7 Å². The number of hydrogen-bond acceptors (Lipinski definition) is 2. The number of alkyl halides is 3. The molecule has 0 spiro atoms. The minimum atomic E-state index is -4.24. The van der Waals surface area contributed by atoms with Crippen molar-refractivity contribution in [2.75, 3.05) is 31.1 Å². The lowest BCUT2D eigenvalue weighted by molar-refractivity contribution is -0.180. The molecule has 0 unspecified atom stereocenters. The van der Waals surface area contributed by atoms with Gasteiger partial charge in [-0.2, -0.15) is 13.2 Å². The molecule has 1 aromatic rings. The van der Waals surface area contributed by atoms with Gasteiger partial charge in [0.2, 0.25) is 0 Å². The van der Waals surface area contributed by atoms with Crippen molar-refractivity contribution in [3.8, 4) is 0 Å². The summed E-state index contributed by atoms with van der Waals surface area (Å²) in [6.45, 7) is 0.175. The van der Waals surface area contributed by atoms with Gasteiger partial charge in [0, 0.05) is 32.1 Å². The van der Waals surface area contributed by atoms with Gasteiger partial charge in [0.05, 0.1) is 11.6 Å². The fourth-order valence-electron chi connectivity index (χ4n) is 2.76. The Morgan fingerprint density at radius 1 is 1.18 bits per heavy atom. The third-order valence-electron chi connectivity index (χ3n) is 4.28. The molecular formula is C14H14F4N2O2. The summed E-state index contributed by atoms with van der Waals surface area (Å²) in [7, 11) is 0. The van der Waals surface area contributed by atoms with Gasteiger partial charge >= 0.3 is 12.3 Å². The summed E-state index contributed by atoms with van der Waals surface area (Å²) < 4.78 is 51.4. The first-order valence-corrected chi connectivity index (χ1v) is 6.84. The molecule has 4 nitrogen and oxygen atoms in total. The van der Waals surface area contributed by atoms with Crippen molar-refractivity contribution in [2.45, 2.75) is 12.1 Å². The highest BCUT2D eigenvalue weighted by molar-refractivity contribution is 5.66. The van der Waals surface area contributed by atoms with Gasteiger partial charge in [-0.05, 0) is 17.7 Å². The van der Waals surface area contributed by atoms with Crippen LogP contribution in [0.5, 0.6) is 0 Å². The standard InChI is InChI=1S/C14H14F4N2O2/c15-11-3-8(9-4-20(5-9)13(21)22)1-2-12(11)19-6-10(7-19)14(16,17)18/h1-3,9-10H,4-7H2,(H,21,22). The molecule has 0 aliphatic carbocycles. The Kier molecular flexibility index (Phi) is 3.41. The van der Waals surface area contributed by atoms with Gasteiger partial charge in [-0.25, -0.2) is 9.18 Å². The fourth-order valence-corrected chi connectivity index (χ4v) is 2.76. The molecule has 1 amide bonds. The lowest BCUT2D eigenvalue weighted by atomic mass is 9.91. The highest BCUT2D eigenvalue weighted by Gasteiger charge is 2.47. The van der Waals surface area contributed by atoms with Gasteiger partial charge in [-0.1, -0.05) is 6.07 Å². The monoisotopic (exact) mass is 318 g/mol. The SMILES string of the molecule is O=C(O)N1CC(c2ccc(N3CC(C(F)(F)F)C3)c(F)c2)C1. The second kappa shape index (κ2) is 5.03. The van der Waals surface area contributed by atoms with E-state index >= 15 is 0 Å². The average molecular weight is 318 g/mol. The van der Waals surface area contributed by atoms with E-state index in [2.05, 4.69) is 0 Å². The molecule has 2 aliphatic heterocycles. The third-order valence-corrected chi connectivity index (χ3v) is 4.28. The van der Waals surface area contributed by atoms with Gasteiger partial charge in [0.25, 0.3) is 0 Å². The predicted octanol–water partition coefficient (Wildman–Crippen LogP) is 2.90. The highest BCUT2D eigenvalue weighted by atomic mass is 19.4. The number of nitrogens with zero attached hydrogens (tertiary/aromatic N) is 2. The second-order valence-electron chi connectivity index (χ2n) is 5.74. The zero-order valence-corrected chi connectivity index (χ0v) is 11.5. The largest absolute Gasteiger partial charge is 0.465 e. The summed E-state index contributed by atoms with van der Waals surface area (Å²) in [5.74, 6) is -2.02. The Labute approximate surface area is 123 Å². The number of halogens is 4. The van der Waals surface area contributed by atoms with E-state index in [9.17, 15) is 22.4 Å². The molecule has 0 bridgehead atoms. The number of likely N-dealkylation sites (tertiary alicyclic amines) is 1. The molecule has 0 radical (unpaired) electrons. The van der Waals surface area contributed by atoms with Crippen LogP contribution in [0.2, 0.25) is 0 Å². The van der Waals surface area contributed by atoms with Crippen molar-refractivity contribution in [3.05, 3.63) is 29.6 Å². The van der Waals surface area contributed by atoms with E-state index in [1.165, 1.54) is 21.9 Å². The predicted molar refractivity (Wildman–Crippen MR) is 70.5 cm³/mol. The quantitative estimate of drug-likeness (QED) is 0.853. The van der Waals surface area contributed by atoms with Gasteiger partial charge in [0.15, 0.2) is 0 Å².